The Hall–Kier alpha value is -2.60. The van der Waals surface area contributed by atoms with Crippen LogP contribution in [0.5, 0.6) is 0 Å². The molecule has 1 aromatic heterocycles. The van der Waals surface area contributed by atoms with Gasteiger partial charge in [-0.25, -0.2) is 0 Å². The van der Waals surface area contributed by atoms with Gasteiger partial charge in [0.05, 0.1) is 0 Å². The third kappa shape index (κ3) is 4.62. The van der Waals surface area contributed by atoms with Gasteiger partial charge in [-0.05, 0) is 49.2 Å². The number of benzene rings is 2. The number of thioether (sulfide) groups is 1. The van der Waals surface area contributed by atoms with E-state index in [-0.39, 0.29) is 5.91 Å². The number of hydrogen-bond donors (Lipinski definition) is 1. The predicted molar refractivity (Wildman–Crippen MR) is 113 cm³/mol. The van der Waals surface area contributed by atoms with Crippen molar-refractivity contribution in [3.8, 4) is 11.4 Å². The number of aryl methyl sites for hydroxylation is 1. The van der Waals surface area contributed by atoms with E-state index in [0.29, 0.717) is 6.42 Å². The number of amides is 1. The normalized spacial score (nSPS) is 13.6. The van der Waals surface area contributed by atoms with Crippen molar-refractivity contribution in [1.82, 2.24) is 14.8 Å². The molecule has 0 aliphatic carbocycles. The number of rotatable bonds is 6. The van der Waals surface area contributed by atoms with Crippen molar-refractivity contribution in [2.45, 2.75) is 43.5 Å². The number of nitrogens with one attached hydrogen (secondary N) is 1. The van der Waals surface area contributed by atoms with Crippen LogP contribution in [-0.2, 0) is 17.8 Å². The fourth-order valence-corrected chi connectivity index (χ4v) is 4.28. The van der Waals surface area contributed by atoms with Crippen LogP contribution in [0.4, 0.5) is 5.69 Å². The molecule has 0 bridgehead atoms. The van der Waals surface area contributed by atoms with Gasteiger partial charge in [0.2, 0.25) is 5.91 Å². The molecule has 0 spiro atoms. The maximum Gasteiger partial charge on any atom is 0.225 e. The molecule has 0 unspecified atom stereocenters. The first-order valence-corrected chi connectivity index (χ1v) is 10.8. The number of fused-ring (bicyclic) bond motifs is 1. The minimum atomic E-state index is 0.0347. The highest BCUT2D eigenvalue weighted by Crippen LogP contribution is 2.24. The topological polar surface area (TPSA) is 59.8 Å². The second-order valence-corrected chi connectivity index (χ2v) is 8.11. The molecule has 0 radical (unpaired) electrons. The van der Waals surface area contributed by atoms with Crippen LogP contribution >= 0.6 is 11.8 Å². The van der Waals surface area contributed by atoms with Crippen LogP contribution in [0.15, 0.2) is 59.5 Å². The van der Waals surface area contributed by atoms with E-state index in [9.17, 15) is 4.79 Å². The molecule has 3 aromatic rings. The summed E-state index contributed by atoms with van der Waals surface area (Å²) in [4.78, 5) is 13.4. The Balaban J connectivity index is 1.33. The number of anilines is 1. The van der Waals surface area contributed by atoms with Gasteiger partial charge in [0.15, 0.2) is 5.82 Å². The number of carbonyl (C=O) groups excluding carboxylic acids is 1. The van der Waals surface area contributed by atoms with E-state index in [1.54, 1.807) is 11.8 Å². The molecular formula is C22H24N4OS. The Morgan fingerprint density at radius 1 is 1.00 bits per heavy atom. The van der Waals surface area contributed by atoms with E-state index in [4.69, 9.17) is 0 Å². The van der Waals surface area contributed by atoms with Gasteiger partial charge in [0.25, 0.3) is 0 Å². The van der Waals surface area contributed by atoms with Gasteiger partial charge >= 0.3 is 0 Å². The maximum absolute atomic E-state index is 12.2. The van der Waals surface area contributed by atoms with Gasteiger partial charge in [-0.1, -0.05) is 24.6 Å². The van der Waals surface area contributed by atoms with Crippen molar-refractivity contribution in [1.29, 1.82) is 0 Å². The quantitative estimate of drug-likeness (QED) is 0.613. The first-order valence-electron chi connectivity index (χ1n) is 9.80. The summed E-state index contributed by atoms with van der Waals surface area (Å²) in [6, 6.07) is 18.0. The lowest BCUT2D eigenvalue weighted by atomic mass is 10.2. The molecule has 6 heteroatoms. The average Bonchev–Trinajstić information content (AvgIpc) is 2.97. The van der Waals surface area contributed by atoms with E-state index < -0.39 is 0 Å². The number of nitrogens with zero attached hydrogens (tertiary/aromatic N) is 3. The molecular weight excluding hydrogens is 368 g/mol. The molecule has 1 aliphatic heterocycles. The minimum absolute atomic E-state index is 0.0347. The standard InChI is InChI=1S/C22H24N4OS/c27-21(14-16-28-19-7-3-1-4-8-19)23-18-12-10-17(11-13-18)22-25-24-20-9-5-2-6-15-26(20)22/h1,3-4,7-8,10-13H,2,5-6,9,14-16H2,(H,23,27). The van der Waals surface area contributed by atoms with Crippen molar-refractivity contribution in [2.24, 2.45) is 0 Å². The Labute approximate surface area is 169 Å². The molecule has 0 fully saturated rings. The average molecular weight is 393 g/mol. The van der Waals surface area contributed by atoms with Gasteiger partial charge in [0, 0.05) is 41.3 Å². The zero-order valence-electron chi connectivity index (χ0n) is 15.8. The molecule has 2 aromatic carbocycles. The Morgan fingerprint density at radius 3 is 2.64 bits per heavy atom. The molecule has 28 heavy (non-hydrogen) atoms. The van der Waals surface area contributed by atoms with Gasteiger partial charge in [-0.3, -0.25) is 4.79 Å². The molecule has 2 heterocycles. The third-order valence-corrected chi connectivity index (χ3v) is 5.89. The van der Waals surface area contributed by atoms with Crippen molar-refractivity contribution < 1.29 is 4.79 Å². The first-order chi connectivity index (χ1) is 13.8. The van der Waals surface area contributed by atoms with Gasteiger partial charge in [-0.15, -0.1) is 22.0 Å². The zero-order valence-corrected chi connectivity index (χ0v) is 16.6. The molecule has 0 saturated heterocycles. The Kier molecular flexibility index (Phi) is 6.07. The van der Waals surface area contributed by atoms with Gasteiger partial charge < -0.3 is 9.88 Å². The summed E-state index contributed by atoms with van der Waals surface area (Å²) in [5, 5.41) is 11.7. The number of carbonyl (C=O) groups is 1. The van der Waals surface area contributed by atoms with Gasteiger partial charge in [-0.2, -0.15) is 0 Å². The fourth-order valence-electron chi connectivity index (χ4n) is 3.40. The second kappa shape index (κ2) is 9.06. The second-order valence-electron chi connectivity index (χ2n) is 6.94. The summed E-state index contributed by atoms with van der Waals surface area (Å²) in [5.74, 6) is 2.81. The molecule has 4 rings (SSSR count). The van der Waals surface area contributed by atoms with Crippen LogP contribution in [0.1, 0.15) is 31.5 Å². The summed E-state index contributed by atoms with van der Waals surface area (Å²) in [5.41, 5.74) is 1.85. The number of hydrogen-bond acceptors (Lipinski definition) is 4. The molecule has 0 atom stereocenters. The highest BCUT2D eigenvalue weighted by atomic mass is 32.2. The van der Waals surface area contributed by atoms with Crippen molar-refractivity contribution in [2.75, 3.05) is 11.1 Å². The van der Waals surface area contributed by atoms with Crippen LogP contribution in [0.2, 0.25) is 0 Å². The van der Waals surface area contributed by atoms with Crippen molar-refractivity contribution >= 4 is 23.4 Å². The summed E-state index contributed by atoms with van der Waals surface area (Å²) < 4.78 is 2.24. The lowest BCUT2D eigenvalue weighted by molar-refractivity contribution is -0.115. The van der Waals surface area contributed by atoms with Crippen LogP contribution < -0.4 is 5.32 Å². The highest BCUT2D eigenvalue weighted by molar-refractivity contribution is 7.99. The third-order valence-electron chi connectivity index (χ3n) is 4.88. The first kappa shape index (κ1) is 18.7. The van der Waals surface area contributed by atoms with Crippen molar-refractivity contribution in [3.63, 3.8) is 0 Å². The monoisotopic (exact) mass is 392 g/mol. The lowest BCUT2D eigenvalue weighted by Gasteiger charge is -2.09. The van der Waals surface area contributed by atoms with Crippen LogP contribution in [0.3, 0.4) is 0 Å². The van der Waals surface area contributed by atoms with E-state index in [2.05, 4.69) is 32.2 Å². The van der Waals surface area contributed by atoms with Crippen LogP contribution in [0.25, 0.3) is 11.4 Å². The Bertz CT molecular complexity index is 921. The fraction of sp³-hybridized carbons (Fsp3) is 0.318. The maximum atomic E-state index is 12.2. The van der Waals surface area contributed by atoms with E-state index in [0.717, 1.165) is 41.6 Å². The smallest absolute Gasteiger partial charge is 0.225 e. The Morgan fingerprint density at radius 2 is 1.82 bits per heavy atom. The largest absolute Gasteiger partial charge is 0.326 e. The molecule has 5 nitrogen and oxygen atoms in total. The zero-order chi connectivity index (χ0) is 19.2. The van der Waals surface area contributed by atoms with Crippen LogP contribution in [0, 0.1) is 0 Å². The summed E-state index contributed by atoms with van der Waals surface area (Å²) in [6.45, 7) is 0.981. The predicted octanol–water partition coefficient (Wildman–Crippen LogP) is 4.79. The summed E-state index contributed by atoms with van der Waals surface area (Å²) >= 11 is 1.70. The molecule has 1 amide bonds. The molecule has 144 valence electrons. The lowest BCUT2D eigenvalue weighted by Crippen LogP contribution is -2.12. The van der Waals surface area contributed by atoms with Crippen molar-refractivity contribution in [3.05, 3.63) is 60.4 Å². The SMILES string of the molecule is O=C(CCSc1ccccc1)Nc1ccc(-c2nnc3n2CCCCC3)cc1. The molecule has 0 saturated carbocycles. The van der Waals surface area contributed by atoms with Gasteiger partial charge in [0.1, 0.15) is 5.82 Å². The number of aromatic nitrogens is 3. The summed E-state index contributed by atoms with van der Waals surface area (Å²) in [7, 11) is 0. The van der Waals surface area contributed by atoms with E-state index in [1.807, 2.05) is 42.5 Å². The summed E-state index contributed by atoms with van der Waals surface area (Å²) in [6.07, 6.45) is 5.09. The molecule has 1 N–H and O–H groups in total. The minimum Gasteiger partial charge on any atom is -0.326 e. The van der Waals surface area contributed by atoms with E-state index in [1.165, 1.54) is 24.2 Å². The molecule has 1 aliphatic rings. The van der Waals surface area contributed by atoms with E-state index >= 15 is 0 Å². The highest BCUT2D eigenvalue weighted by Gasteiger charge is 2.16. The van der Waals surface area contributed by atoms with Crippen LogP contribution in [-0.4, -0.2) is 26.4 Å².